The first-order valence-corrected chi connectivity index (χ1v) is 8.96. The summed E-state index contributed by atoms with van der Waals surface area (Å²) in [5, 5.41) is 11.1. The van der Waals surface area contributed by atoms with Gasteiger partial charge in [-0.1, -0.05) is 13.0 Å². The average molecular weight is 369 g/mol. The van der Waals surface area contributed by atoms with Gasteiger partial charge in [0, 0.05) is 41.7 Å². The summed E-state index contributed by atoms with van der Waals surface area (Å²) in [5.41, 5.74) is 3.35. The maximum atomic E-state index is 14.7. The van der Waals surface area contributed by atoms with Gasteiger partial charge in [-0.2, -0.15) is 0 Å². The molecule has 5 nitrogen and oxygen atoms in total. The van der Waals surface area contributed by atoms with Crippen LogP contribution in [0, 0.1) is 22.9 Å². The maximum absolute atomic E-state index is 14.7. The molecule has 0 fully saturated rings. The smallest absolute Gasteiger partial charge is 0.274 e. The molecule has 1 atom stereocenters. The molecule has 0 amide bonds. The normalized spacial score (nSPS) is 18.6. The fourth-order valence-electron chi connectivity index (χ4n) is 3.72. The molecule has 0 radical (unpaired) electrons. The molecule has 142 valence electrons. The van der Waals surface area contributed by atoms with Crippen LogP contribution in [0.3, 0.4) is 0 Å². The van der Waals surface area contributed by atoms with Crippen molar-refractivity contribution >= 4 is 23.3 Å². The number of rotatable bonds is 3. The van der Waals surface area contributed by atoms with Gasteiger partial charge in [0.1, 0.15) is 5.82 Å². The van der Waals surface area contributed by atoms with Gasteiger partial charge >= 0.3 is 0 Å². The second kappa shape index (κ2) is 6.76. The van der Waals surface area contributed by atoms with Crippen molar-refractivity contribution in [3.63, 3.8) is 0 Å². The van der Waals surface area contributed by atoms with Crippen molar-refractivity contribution in [2.24, 2.45) is 4.99 Å². The van der Waals surface area contributed by atoms with Crippen LogP contribution < -0.4 is 4.90 Å². The molecule has 27 heavy (non-hydrogen) atoms. The number of nitrogens with zero attached hydrogens (tertiary/aromatic N) is 3. The van der Waals surface area contributed by atoms with Gasteiger partial charge in [0.15, 0.2) is 0 Å². The van der Waals surface area contributed by atoms with E-state index in [4.69, 9.17) is 0 Å². The Morgan fingerprint density at radius 3 is 2.70 bits per heavy atom. The van der Waals surface area contributed by atoms with Crippen molar-refractivity contribution < 1.29 is 9.31 Å². The number of hydrogen-bond acceptors (Lipinski definition) is 4. The van der Waals surface area contributed by atoms with Crippen LogP contribution in [0.25, 0.3) is 0 Å². The molecule has 0 N–H and O–H groups in total. The van der Waals surface area contributed by atoms with Crippen LogP contribution in [0.15, 0.2) is 35.3 Å². The van der Waals surface area contributed by atoms with E-state index in [9.17, 15) is 14.5 Å². The van der Waals surface area contributed by atoms with Crippen LogP contribution in [-0.4, -0.2) is 23.7 Å². The van der Waals surface area contributed by atoms with Crippen molar-refractivity contribution in [3.05, 3.63) is 63.0 Å². The van der Waals surface area contributed by atoms with E-state index in [0.29, 0.717) is 22.7 Å². The fraction of sp³-hybridized carbons (Fsp3) is 0.381. The van der Waals surface area contributed by atoms with E-state index < -0.39 is 4.92 Å². The summed E-state index contributed by atoms with van der Waals surface area (Å²) >= 11 is 0. The van der Waals surface area contributed by atoms with Gasteiger partial charge in [0.25, 0.3) is 5.69 Å². The minimum Gasteiger partial charge on any atom is -0.369 e. The highest BCUT2D eigenvalue weighted by molar-refractivity contribution is 5.84. The zero-order valence-corrected chi connectivity index (χ0v) is 16.3. The largest absolute Gasteiger partial charge is 0.369 e. The van der Waals surface area contributed by atoms with Crippen LogP contribution >= 0.6 is 0 Å². The highest BCUT2D eigenvalue weighted by Crippen LogP contribution is 2.43. The minimum atomic E-state index is -0.437. The van der Waals surface area contributed by atoms with Gasteiger partial charge < -0.3 is 4.90 Å². The lowest BCUT2D eigenvalue weighted by Gasteiger charge is -2.45. The quantitative estimate of drug-likeness (QED) is 0.407. The van der Waals surface area contributed by atoms with Crippen molar-refractivity contribution in [3.8, 4) is 0 Å². The zero-order chi connectivity index (χ0) is 19.9. The monoisotopic (exact) mass is 369 g/mol. The third-order valence-corrected chi connectivity index (χ3v) is 5.49. The third kappa shape index (κ3) is 3.56. The lowest BCUT2D eigenvalue weighted by molar-refractivity contribution is -0.385. The first-order valence-electron chi connectivity index (χ1n) is 8.96. The summed E-state index contributed by atoms with van der Waals surface area (Å²) in [6, 6.07) is 8.14. The molecular weight excluding hydrogens is 345 g/mol. The number of aliphatic imine (C=N–C) groups is 1. The summed E-state index contributed by atoms with van der Waals surface area (Å²) < 4.78 is 14.7. The van der Waals surface area contributed by atoms with Crippen LogP contribution in [-0.2, 0) is 0 Å². The Bertz CT molecular complexity index is 937. The number of nitro groups is 1. The molecule has 1 aliphatic rings. The summed E-state index contributed by atoms with van der Waals surface area (Å²) in [4.78, 5) is 17.0. The molecule has 3 rings (SSSR count). The molecule has 6 heteroatoms. The summed E-state index contributed by atoms with van der Waals surface area (Å²) in [6.07, 6.45) is 2.42. The number of benzene rings is 2. The van der Waals surface area contributed by atoms with E-state index in [0.717, 1.165) is 17.7 Å². The van der Waals surface area contributed by atoms with E-state index in [1.807, 2.05) is 13.1 Å². The van der Waals surface area contributed by atoms with Crippen molar-refractivity contribution in [1.29, 1.82) is 0 Å². The van der Waals surface area contributed by atoms with Gasteiger partial charge in [-0.05, 0) is 56.9 Å². The Morgan fingerprint density at radius 2 is 2.04 bits per heavy atom. The van der Waals surface area contributed by atoms with Crippen LogP contribution in [0.4, 0.5) is 21.5 Å². The topological polar surface area (TPSA) is 58.7 Å². The van der Waals surface area contributed by atoms with Crippen LogP contribution in [0.2, 0.25) is 0 Å². The van der Waals surface area contributed by atoms with Crippen LogP contribution in [0.1, 0.15) is 49.8 Å². The number of fused-ring (bicyclic) bond motifs is 1. The highest BCUT2D eigenvalue weighted by atomic mass is 19.1. The third-order valence-electron chi connectivity index (χ3n) is 5.49. The molecular formula is C21H24FN3O2. The Hall–Kier alpha value is -2.76. The van der Waals surface area contributed by atoms with E-state index in [2.05, 4.69) is 30.7 Å². The fourth-order valence-corrected chi connectivity index (χ4v) is 3.72. The molecule has 1 heterocycles. The van der Waals surface area contributed by atoms with Crippen molar-refractivity contribution in [2.45, 2.75) is 45.6 Å². The standard InChI is InChI=1S/C21H24FN3O2/c1-13-6-7-16(9-19(13)25(26)27)23-12-15-8-17-14(2)11-21(3,4)24(5)20(17)10-18(15)22/h6-10,12,14H,11H2,1-5H3. The van der Waals surface area contributed by atoms with Gasteiger partial charge in [-0.15, -0.1) is 0 Å². The van der Waals surface area contributed by atoms with Crippen molar-refractivity contribution in [2.75, 3.05) is 11.9 Å². The molecule has 2 aromatic rings. The number of aryl methyl sites for hydroxylation is 1. The lowest BCUT2D eigenvalue weighted by atomic mass is 9.80. The predicted molar refractivity (Wildman–Crippen MR) is 107 cm³/mol. The van der Waals surface area contributed by atoms with Gasteiger partial charge in [-0.25, -0.2) is 4.39 Å². The van der Waals surface area contributed by atoms with E-state index >= 15 is 0 Å². The summed E-state index contributed by atoms with van der Waals surface area (Å²) in [5.74, 6) is -0.0460. The Balaban J connectivity index is 1.98. The number of hydrogen-bond donors (Lipinski definition) is 0. The van der Waals surface area contributed by atoms with Gasteiger partial charge in [0.05, 0.1) is 10.6 Å². The molecule has 2 aromatic carbocycles. The maximum Gasteiger partial charge on any atom is 0.274 e. The van der Waals surface area contributed by atoms with E-state index in [-0.39, 0.29) is 17.0 Å². The van der Waals surface area contributed by atoms with E-state index in [1.54, 1.807) is 25.1 Å². The van der Waals surface area contributed by atoms with Crippen LogP contribution in [0.5, 0.6) is 0 Å². The van der Waals surface area contributed by atoms with Gasteiger partial charge in [0.2, 0.25) is 0 Å². The molecule has 0 spiro atoms. The Kier molecular flexibility index (Phi) is 4.76. The first kappa shape index (κ1) is 19.0. The Morgan fingerprint density at radius 1 is 1.33 bits per heavy atom. The second-order valence-electron chi connectivity index (χ2n) is 7.90. The SMILES string of the molecule is Cc1ccc(N=Cc2cc3c(cc2F)N(C)C(C)(C)CC3C)cc1[N+](=O)[O-]. The molecule has 1 unspecified atom stereocenters. The highest BCUT2D eigenvalue weighted by Gasteiger charge is 2.34. The molecule has 0 aliphatic carbocycles. The number of halogens is 1. The average Bonchev–Trinajstić information content (AvgIpc) is 2.59. The Labute approximate surface area is 158 Å². The molecule has 1 aliphatic heterocycles. The number of anilines is 1. The van der Waals surface area contributed by atoms with E-state index in [1.165, 1.54) is 12.3 Å². The zero-order valence-electron chi connectivity index (χ0n) is 16.3. The summed E-state index contributed by atoms with van der Waals surface area (Å²) in [6.45, 7) is 8.14. The molecule has 0 saturated heterocycles. The first-order chi connectivity index (χ1) is 12.6. The predicted octanol–water partition coefficient (Wildman–Crippen LogP) is 5.51. The van der Waals surface area contributed by atoms with Gasteiger partial charge in [-0.3, -0.25) is 15.1 Å². The minimum absolute atomic E-state index is 0.00745. The second-order valence-corrected chi connectivity index (χ2v) is 7.90. The lowest BCUT2D eigenvalue weighted by Crippen LogP contribution is -2.45. The molecule has 0 saturated carbocycles. The summed E-state index contributed by atoms with van der Waals surface area (Å²) in [7, 11) is 1.99. The van der Waals surface area contributed by atoms with Crippen molar-refractivity contribution in [1.82, 2.24) is 0 Å². The molecule has 0 aromatic heterocycles. The number of nitro benzene ring substituents is 1. The molecule has 0 bridgehead atoms.